The maximum absolute atomic E-state index is 12.4. The van der Waals surface area contributed by atoms with Gasteiger partial charge in [0.05, 0.1) is 5.56 Å². The van der Waals surface area contributed by atoms with Gasteiger partial charge in [0.15, 0.2) is 0 Å². The van der Waals surface area contributed by atoms with E-state index < -0.39 is 23.5 Å². The van der Waals surface area contributed by atoms with Crippen LogP contribution in [0.5, 0.6) is 5.75 Å². The zero-order chi connectivity index (χ0) is 14.9. The summed E-state index contributed by atoms with van der Waals surface area (Å²) in [6, 6.07) is 8.20. The Kier molecular flexibility index (Phi) is 3.40. The summed E-state index contributed by atoms with van der Waals surface area (Å²) in [5, 5.41) is 18.3. The predicted octanol–water partition coefficient (Wildman–Crippen LogP) is 3.78. The molecule has 2 aromatic carbocycles. The number of carboxylic acids is 1. The number of hydrogen-bond donors (Lipinski definition) is 2. The zero-order valence-corrected chi connectivity index (χ0v) is 9.98. The lowest BCUT2D eigenvalue weighted by Gasteiger charge is -2.08. The molecule has 2 rings (SSSR count). The fourth-order valence-electron chi connectivity index (χ4n) is 1.74. The maximum atomic E-state index is 12.4. The molecule has 2 aromatic rings. The molecule has 0 saturated heterocycles. The van der Waals surface area contributed by atoms with Gasteiger partial charge in [-0.1, -0.05) is 18.2 Å². The number of halogens is 3. The fourth-order valence-corrected chi connectivity index (χ4v) is 1.74. The second-order valence-electron chi connectivity index (χ2n) is 4.11. The van der Waals surface area contributed by atoms with E-state index in [-0.39, 0.29) is 5.56 Å². The molecule has 0 heterocycles. The molecule has 0 aliphatic rings. The summed E-state index contributed by atoms with van der Waals surface area (Å²) in [6.07, 6.45) is -4.41. The van der Waals surface area contributed by atoms with E-state index in [0.717, 1.165) is 12.1 Å². The number of phenols is 1. The number of alkyl halides is 3. The first-order valence-electron chi connectivity index (χ1n) is 5.53. The molecule has 0 fully saturated rings. The van der Waals surface area contributed by atoms with Crippen LogP contribution < -0.4 is 0 Å². The molecule has 20 heavy (non-hydrogen) atoms. The molecule has 0 radical (unpaired) electrons. The quantitative estimate of drug-likeness (QED) is 0.881. The van der Waals surface area contributed by atoms with Gasteiger partial charge in [-0.05, 0) is 35.4 Å². The van der Waals surface area contributed by atoms with Crippen molar-refractivity contribution in [2.24, 2.45) is 0 Å². The molecule has 0 atom stereocenters. The molecule has 0 unspecified atom stereocenters. The molecule has 2 N–H and O–H groups in total. The van der Waals surface area contributed by atoms with Crippen LogP contribution in [0.25, 0.3) is 11.1 Å². The molecule has 0 amide bonds. The lowest BCUT2D eigenvalue weighted by atomic mass is 10.0. The monoisotopic (exact) mass is 282 g/mol. The third-order valence-electron chi connectivity index (χ3n) is 2.77. The Hall–Kier alpha value is -2.50. The van der Waals surface area contributed by atoms with E-state index in [9.17, 15) is 23.1 Å². The summed E-state index contributed by atoms with van der Waals surface area (Å²) in [4.78, 5) is 10.7. The third-order valence-corrected chi connectivity index (χ3v) is 2.77. The van der Waals surface area contributed by atoms with E-state index in [1.807, 2.05) is 0 Å². The van der Waals surface area contributed by atoms with Crippen molar-refractivity contribution >= 4 is 5.97 Å². The van der Waals surface area contributed by atoms with Crippen LogP contribution in [0, 0.1) is 0 Å². The van der Waals surface area contributed by atoms with Crippen LogP contribution in [0.3, 0.4) is 0 Å². The van der Waals surface area contributed by atoms with Crippen LogP contribution in [-0.2, 0) is 6.18 Å². The summed E-state index contributed by atoms with van der Waals surface area (Å²) in [5.41, 5.74) is -0.153. The first-order chi connectivity index (χ1) is 9.29. The topological polar surface area (TPSA) is 57.5 Å². The molecule has 0 aliphatic carbocycles. The number of carboxylic acid groups (broad SMARTS) is 1. The van der Waals surface area contributed by atoms with E-state index in [0.29, 0.717) is 11.1 Å². The molecular weight excluding hydrogens is 273 g/mol. The van der Waals surface area contributed by atoms with Crippen LogP contribution in [0.4, 0.5) is 13.2 Å². The van der Waals surface area contributed by atoms with Crippen molar-refractivity contribution in [3.05, 3.63) is 53.6 Å². The number of aromatic carboxylic acids is 1. The summed E-state index contributed by atoms with van der Waals surface area (Å²) in [5.74, 6) is -1.71. The van der Waals surface area contributed by atoms with E-state index in [1.54, 1.807) is 0 Å². The van der Waals surface area contributed by atoms with Gasteiger partial charge in [-0.2, -0.15) is 13.2 Å². The second-order valence-corrected chi connectivity index (χ2v) is 4.11. The highest BCUT2D eigenvalue weighted by molar-refractivity contribution is 5.91. The Balaban J connectivity index is 2.37. The number of carbonyl (C=O) groups is 1. The Labute approximate surface area is 111 Å². The standard InChI is InChI=1S/C14H9F3O3/c15-14(16,17)10-4-1-8(2-5-10)9-3-6-11(13(19)20)12(18)7-9/h1-7,18H,(H,19,20). The van der Waals surface area contributed by atoms with Gasteiger partial charge < -0.3 is 10.2 Å². The number of hydrogen-bond acceptors (Lipinski definition) is 2. The largest absolute Gasteiger partial charge is 0.507 e. The first kappa shape index (κ1) is 13.9. The van der Waals surface area contributed by atoms with Crippen molar-refractivity contribution in [3.8, 4) is 16.9 Å². The van der Waals surface area contributed by atoms with Crippen LogP contribution in [-0.4, -0.2) is 16.2 Å². The highest BCUT2D eigenvalue weighted by Crippen LogP contribution is 2.32. The van der Waals surface area contributed by atoms with E-state index in [2.05, 4.69) is 0 Å². The van der Waals surface area contributed by atoms with Gasteiger partial charge in [-0.3, -0.25) is 0 Å². The van der Waals surface area contributed by atoms with Gasteiger partial charge >= 0.3 is 12.1 Å². The molecule has 3 nitrogen and oxygen atoms in total. The average Bonchev–Trinajstić information content (AvgIpc) is 2.37. The van der Waals surface area contributed by atoms with E-state index in [1.165, 1.54) is 30.3 Å². The van der Waals surface area contributed by atoms with Gasteiger partial charge in [-0.15, -0.1) is 0 Å². The molecular formula is C14H9F3O3. The van der Waals surface area contributed by atoms with Crippen molar-refractivity contribution in [3.63, 3.8) is 0 Å². The lowest BCUT2D eigenvalue weighted by molar-refractivity contribution is -0.137. The summed E-state index contributed by atoms with van der Waals surface area (Å²) in [7, 11) is 0. The van der Waals surface area contributed by atoms with Crippen molar-refractivity contribution in [1.29, 1.82) is 0 Å². The summed E-state index contributed by atoms with van der Waals surface area (Å²) < 4.78 is 37.3. The Morgan fingerprint density at radius 3 is 1.95 bits per heavy atom. The Morgan fingerprint density at radius 2 is 1.50 bits per heavy atom. The summed E-state index contributed by atoms with van der Waals surface area (Å²) in [6.45, 7) is 0. The Morgan fingerprint density at radius 1 is 0.950 bits per heavy atom. The molecule has 0 bridgehead atoms. The molecule has 0 aromatic heterocycles. The van der Waals surface area contributed by atoms with Crippen LogP contribution in [0.1, 0.15) is 15.9 Å². The average molecular weight is 282 g/mol. The van der Waals surface area contributed by atoms with Gasteiger partial charge in [0.25, 0.3) is 0 Å². The normalized spacial score (nSPS) is 11.3. The molecule has 104 valence electrons. The fraction of sp³-hybridized carbons (Fsp3) is 0.0714. The highest BCUT2D eigenvalue weighted by Gasteiger charge is 2.29. The zero-order valence-electron chi connectivity index (χ0n) is 9.98. The van der Waals surface area contributed by atoms with Crippen molar-refractivity contribution in [2.45, 2.75) is 6.18 Å². The minimum atomic E-state index is -4.41. The minimum Gasteiger partial charge on any atom is -0.507 e. The van der Waals surface area contributed by atoms with Crippen LogP contribution >= 0.6 is 0 Å². The van der Waals surface area contributed by atoms with Crippen molar-refractivity contribution in [1.82, 2.24) is 0 Å². The third kappa shape index (κ3) is 2.74. The second kappa shape index (κ2) is 4.88. The van der Waals surface area contributed by atoms with Crippen LogP contribution in [0.15, 0.2) is 42.5 Å². The molecule has 0 aliphatic heterocycles. The van der Waals surface area contributed by atoms with Gasteiger partial charge in [0.1, 0.15) is 11.3 Å². The van der Waals surface area contributed by atoms with Gasteiger partial charge in [0.2, 0.25) is 0 Å². The lowest BCUT2D eigenvalue weighted by Crippen LogP contribution is -2.04. The van der Waals surface area contributed by atoms with Crippen molar-refractivity contribution in [2.75, 3.05) is 0 Å². The van der Waals surface area contributed by atoms with E-state index in [4.69, 9.17) is 5.11 Å². The maximum Gasteiger partial charge on any atom is 0.416 e. The smallest absolute Gasteiger partial charge is 0.416 e. The molecule has 6 heteroatoms. The SMILES string of the molecule is O=C(O)c1ccc(-c2ccc(C(F)(F)F)cc2)cc1O. The predicted molar refractivity (Wildman–Crippen MR) is 65.5 cm³/mol. The first-order valence-corrected chi connectivity index (χ1v) is 5.53. The number of benzene rings is 2. The molecule has 0 spiro atoms. The van der Waals surface area contributed by atoms with Crippen LogP contribution in [0.2, 0.25) is 0 Å². The van der Waals surface area contributed by atoms with Gasteiger partial charge in [0, 0.05) is 0 Å². The number of aromatic hydroxyl groups is 1. The Bertz CT molecular complexity index is 646. The highest BCUT2D eigenvalue weighted by atomic mass is 19.4. The minimum absolute atomic E-state index is 0.263. The van der Waals surface area contributed by atoms with Gasteiger partial charge in [-0.25, -0.2) is 4.79 Å². The van der Waals surface area contributed by atoms with E-state index >= 15 is 0 Å². The van der Waals surface area contributed by atoms with Crippen molar-refractivity contribution < 1.29 is 28.2 Å². The molecule has 0 saturated carbocycles. The summed E-state index contributed by atoms with van der Waals surface area (Å²) >= 11 is 0. The number of rotatable bonds is 2.